The lowest BCUT2D eigenvalue weighted by Gasteiger charge is -2.64. The summed E-state index contributed by atoms with van der Waals surface area (Å²) in [5, 5.41) is 9.11. The van der Waals surface area contributed by atoms with Crippen molar-refractivity contribution < 1.29 is 9.13 Å². The van der Waals surface area contributed by atoms with Crippen LogP contribution in [0.25, 0.3) is 0 Å². The van der Waals surface area contributed by atoms with Gasteiger partial charge in [-0.3, -0.25) is 0 Å². The minimum absolute atomic E-state index is 0.225. The first-order chi connectivity index (χ1) is 17.5. The third-order valence-corrected chi connectivity index (χ3v) is 9.26. The minimum atomic E-state index is -0.562. The van der Waals surface area contributed by atoms with Crippen LogP contribution >= 0.6 is 0 Å². The highest BCUT2D eigenvalue weighted by atomic mass is 19.1. The molecular formula is C32H42FN3O. The van der Waals surface area contributed by atoms with Crippen molar-refractivity contribution >= 4 is 0 Å². The first-order valence-electron chi connectivity index (χ1n) is 13.8. The number of benzene rings is 2. The van der Waals surface area contributed by atoms with Crippen molar-refractivity contribution in [1.82, 2.24) is 4.90 Å². The molecule has 3 atom stereocenters. The van der Waals surface area contributed by atoms with Gasteiger partial charge in [-0.15, -0.1) is 0 Å². The Morgan fingerprint density at radius 1 is 1.03 bits per heavy atom. The van der Waals surface area contributed by atoms with E-state index in [4.69, 9.17) is 15.7 Å². The maximum absolute atomic E-state index is 13.4. The summed E-state index contributed by atoms with van der Waals surface area (Å²) in [6.45, 7) is 6.37. The van der Waals surface area contributed by atoms with Crippen LogP contribution in [0.5, 0.6) is 0 Å². The summed E-state index contributed by atoms with van der Waals surface area (Å²) in [6.07, 6.45) is 10.1. The molecule has 4 fully saturated rings. The molecule has 4 bridgehead atoms. The third kappa shape index (κ3) is 5.21. The van der Waals surface area contributed by atoms with Gasteiger partial charge in [-0.1, -0.05) is 32.0 Å². The van der Waals surface area contributed by atoms with E-state index in [1.54, 1.807) is 12.1 Å². The van der Waals surface area contributed by atoms with Crippen molar-refractivity contribution in [2.24, 2.45) is 22.5 Å². The van der Waals surface area contributed by atoms with Gasteiger partial charge in [0.15, 0.2) is 0 Å². The molecule has 198 valence electrons. The average Bonchev–Trinajstić information content (AvgIpc) is 3.15. The maximum Gasteiger partial charge on any atom is 0.123 e. The highest BCUT2D eigenvalue weighted by Crippen LogP contribution is 2.65. The molecule has 5 heteroatoms. The van der Waals surface area contributed by atoms with Gasteiger partial charge in [0.05, 0.1) is 18.2 Å². The van der Waals surface area contributed by atoms with Crippen LogP contribution in [0.4, 0.5) is 4.39 Å². The molecule has 4 aliphatic carbocycles. The lowest BCUT2D eigenvalue weighted by atomic mass is 9.43. The summed E-state index contributed by atoms with van der Waals surface area (Å²) < 4.78 is 19.6. The highest BCUT2D eigenvalue weighted by Gasteiger charge is 2.58. The fraction of sp³-hybridized carbons (Fsp3) is 0.594. The zero-order valence-corrected chi connectivity index (χ0v) is 22.9. The van der Waals surface area contributed by atoms with E-state index in [0.717, 1.165) is 42.0 Å². The number of rotatable bonds is 5. The molecule has 2 N–H and O–H groups in total. The van der Waals surface area contributed by atoms with Crippen LogP contribution in [-0.4, -0.2) is 31.1 Å². The van der Waals surface area contributed by atoms with E-state index in [2.05, 4.69) is 24.8 Å². The number of hydrogen-bond donors (Lipinski definition) is 1. The molecule has 2 aromatic carbocycles. The largest absolute Gasteiger partial charge is 0.361 e. The Morgan fingerprint density at radius 2 is 1.70 bits per heavy atom. The van der Waals surface area contributed by atoms with E-state index in [0.29, 0.717) is 23.0 Å². The highest BCUT2D eigenvalue weighted by molar-refractivity contribution is 5.48. The fourth-order valence-corrected chi connectivity index (χ4v) is 8.94. The molecule has 2 unspecified atom stereocenters. The van der Waals surface area contributed by atoms with Crippen LogP contribution in [0.3, 0.4) is 0 Å². The first-order valence-corrected chi connectivity index (χ1v) is 13.8. The van der Waals surface area contributed by atoms with Gasteiger partial charge in [-0.25, -0.2) is 4.39 Å². The van der Waals surface area contributed by atoms with Crippen LogP contribution in [0, 0.1) is 33.9 Å². The fourth-order valence-electron chi connectivity index (χ4n) is 8.94. The van der Waals surface area contributed by atoms with Crippen molar-refractivity contribution in [3.05, 3.63) is 70.5 Å². The molecule has 37 heavy (non-hydrogen) atoms. The van der Waals surface area contributed by atoms with Gasteiger partial charge in [0.2, 0.25) is 0 Å². The second-order valence-electron chi connectivity index (χ2n) is 13.5. The summed E-state index contributed by atoms with van der Waals surface area (Å²) in [6, 6.07) is 14.5. The smallest absolute Gasteiger partial charge is 0.123 e. The zero-order chi connectivity index (χ0) is 26.5. The molecule has 0 spiro atoms. The molecular weight excluding hydrogens is 461 g/mol. The predicted octanol–water partition coefficient (Wildman–Crippen LogP) is 6.51. The van der Waals surface area contributed by atoms with Crippen molar-refractivity contribution in [2.75, 3.05) is 20.6 Å². The Morgan fingerprint density at radius 3 is 2.27 bits per heavy atom. The standard InChI is InChI=1S/C20H21FN2O.C12H21N/c1-23(2)11-3-10-20(17-5-7-18(21)8-6-17)19-9-4-15(13-22)12-16(19)14-24-20;1-10-3-9-4-11(2,6-10)8-12(13,5-9)7-10/h4-9,12H,3,10-11,14H2,1-2H3;9H,3-8,13H2,1-2H3/t20-;/m0./s1. The molecule has 1 heterocycles. The van der Waals surface area contributed by atoms with Crippen molar-refractivity contribution in [3.63, 3.8) is 0 Å². The lowest BCUT2D eigenvalue weighted by Crippen LogP contribution is -2.62. The van der Waals surface area contributed by atoms with Gasteiger partial charge in [-0.2, -0.15) is 5.26 Å². The molecule has 5 aliphatic rings. The predicted molar refractivity (Wildman–Crippen MR) is 145 cm³/mol. The molecule has 2 aromatic rings. The number of halogens is 1. The number of fused-ring (bicyclic) bond motifs is 1. The summed E-state index contributed by atoms with van der Waals surface area (Å²) in [4.78, 5) is 2.15. The van der Waals surface area contributed by atoms with Gasteiger partial charge in [0.25, 0.3) is 0 Å². The second kappa shape index (κ2) is 9.49. The maximum atomic E-state index is 13.4. The van der Waals surface area contributed by atoms with E-state index < -0.39 is 5.60 Å². The van der Waals surface area contributed by atoms with Crippen LogP contribution in [-0.2, 0) is 16.9 Å². The van der Waals surface area contributed by atoms with E-state index in [1.165, 1.54) is 50.7 Å². The normalized spacial score (nSPS) is 35.1. The Kier molecular flexibility index (Phi) is 6.76. The van der Waals surface area contributed by atoms with Crippen LogP contribution in [0.1, 0.15) is 87.5 Å². The van der Waals surface area contributed by atoms with Crippen molar-refractivity contribution in [2.45, 2.75) is 83.0 Å². The molecule has 4 nitrogen and oxygen atoms in total. The van der Waals surface area contributed by atoms with Crippen LogP contribution in [0.15, 0.2) is 42.5 Å². The van der Waals surface area contributed by atoms with Gasteiger partial charge in [0.1, 0.15) is 11.4 Å². The van der Waals surface area contributed by atoms with Gasteiger partial charge >= 0.3 is 0 Å². The average molecular weight is 504 g/mol. The number of nitrogens with two attached hydrogens (primary N) is 1. The zero-order valence-electron chi connectivity index (χ0n) is 22.9. The number of ether oxygens (including phenoxy) is 1. The van der Waals surface area contributed by atoms with Crippen LogP contribution in [0.2, 0.25) is 0 Å². The molecule has 1 aliphatic heterocycles. The topological polar surface area (TPSA) is 62.3 Å². The number of nitriles is 1. The SMILES string of the molecule is CC12CC3CC(C)(C1)CC(N)(C3)C2.CN(C)CCC[C@@]1(c2ccc(F)cc2)OCc2cc(C#N)ccc21. The van der Waals surface area contributed by atoms with E-state index >= 15 is 0 Å². The second-order valence-corrected chi connectivity index (χ2v) is 13.5. The molecule has 0 saturated heterocycles. The first kappa shape index (κ1) is 26.4. The van der Waals surface area contributed by atoms with Crippen LogP contribution < -0.4 is 5.73 Å². The molecule has 7 rings (SSSR count). The Bertz CT molecular complexity index is 1130. The lowest BCUT2D eigenvalue weighted by molar-refractivity contribution is -0.104. The quantitative estimate of drug-likeness (QED) is 0.505. The Hall–Kier alpha value is -2.26. The van der Waals surface area contributed by atoms with Crippen molar-refractivity contribution in [3.8, 4) is 6.07 Å². The Labute approximate surface area is 222 Å². The minimum Gasteiger partial charge on any atom is -0.361 e. The summed E-state index contributed by atoms with van der Waals surface area (Å²) in [5.41, 5.74) is 11.1. The van der Waals surface area contributed by atoms with Gasteiger partial charge in [-0.05, 0) is 130 Å². The molecule has 4 saturated carbocycles. The monoisotopic (exact) mass is 503 g/mol. The number of nitrogens with zero attached hydrogens (tertiary/aromatic N) is 2. The van der Waals surface area contributed by atoms with E-state index in [1.807, 2.05) is 32.3 Å². The number of hydrogen-bond acceptors (Lipinski definition) is 4. The summed E-state index contributed by atoms with van der Waals surface area (Å²) in [5.74, 6) is 0.705. The van der Waals surface area contributed by atoms with E-state index in [9.17, 15) is 4.39 Å². The Balaban J connectivity index is 0.000000179. The molecule has 0 radical (unpaired) electrons. The van der Waals surface area contributed by atoms with Gasteiger partial charge < -0.3 is 15.4 Å². The summed E-state index contributed by atoms with van der Waals surface area (Å²) in [7, 11) is 4.10. The molecule has 0 amide bonds. The van der Waals surface area contributed by atoms with Crippen molar-refractivity contribution in [1.29, 1.82) is 5.26 Å². The summed E-state index contributed by atoms with van der Waals surface area (Å²) >= 11 is 0. The van der Waals surface area contributed by atoms with E-state index in [-0.39, 0.29) is 11.4 Å². The van der Waals surface area contributed by atoms with Gasteiger partial charge in [0, 0.05) is 5.54 Å². The molecule has 0 aromatic heterocycles. The third-order valence-electron chi connectivity index (χ3n) is 9.26.